The highest BCUT2D eigenvalue weighted by Crippen LogP contribution is 2.29. The first-order valence-corrected chi connectivity index (χ1v) is 8.12. The van der Waals surface area contributed by atoms with Crippen molar-refractivity contribution in [2.45, 2.75) is 0 Å². The van der Waals surface area contributed by atoms with Crippen molar-refractivity contribution >= 4 is 37.6 Å². The molecule has 0 fully saturated rings. The molecule has 0 aliphatic carbocycles. The summed E-state index contributed by atoms with van der Waals surface area (Å²) in [6, 6.07) is 12.5. The lowest BCUT2D eigenvalue weighted by atomic mass is 10.1. The average molecular weight is 288 g/mol. The second-order valence-corrected chi connectivity index (χ2v) is 6.94. The molecule has 0 saturated carbocycles. The first-order valence-electron chi connectivity index (χ1n) is 6.06. The summed E-state index contributed by atoms with van der Waals surface area (Å²) >= 11 is 0. The van der Waals surface area contributed by atoms with Gasteiger partial charge in [0.2, 0.25) is 0 Å². The number of ketones is 1. The highest BCUT2D eigenvalue weighted by molar-refractivity contribution is 7.91. The van der Waals surface area contributed by atoms with Gasteiger partial charge in [-0.15, -0.1) is 0 Å². The van der Waals surface area contributed by atoms with Gasteiger partial charge in [0.05, 0.1) is 0 Å². The molecular weight excluding hydrogens is 276 g/mol. The molecule has 0 aliphatic rings. The number of carbonyl (C=O) groups excluding carboxylic acids is 1. The second kappa shape index (κ2) is 4.45. The molecule has 3 rings (SSSR count). The molecule has 3 aromatic rings. The molecular formula is C15H12O4S. The van der Waals surface area contributed by atoms with Gasteiger partial charge in [0.25, 0.3) is 0 Å². The molecule has 2 aromatic carbocycles. The van der Waals surface area contributed by atoms with E-state index in [0.29, 0.717) is 11.1 Å². The van der Waals surface area contributed by atoms with Crippen molar-refractivity contribution in [3.8, 4) is 0 Å². The third kappa shape index (κ3) is 2.32. The highest BCUT2D eigenvalue weighted by Gasteiger charge is 2.15. The van der Waals surface area contributed by atoms with Gasteiger partial charge >= 0.3 is 0 Å². The SMILES string of the molecule is CS(=O)(=O)CC(=O)c1ccc2oc3ccccc3c2c1. The summed E-state index contributed by atoms with van der Waals surface area (Å²) in [5.41, 5.74) is 1.81. The van der Waals surface area contributed by atoms with Gasteiger partial charge in [-0.25, -0.2) is 8.42 Å². The van der Waals surface area contributed by atoms with Crippen LogP contribution in [0.25, 0.3) is 21.9 Å². The van der Waals surface area contributed by atoms with Gasteiger partial charge < -0.3 is 4.42 Å². The Kier molecular flexibility index (Phi) is 2.87. The van der Waals surface area contributed by atoms with Crippen LogP contribution in [-0.2, 0) is 9.84 Å². The Labute approximate surface area is 115 Å². The van der Waals surface area contributed by atoms with Crippen molar-refractivity contribution in [1.82, 2.24) is 0 Å². The van der Waals surface area contributed by atoms with Crippen LogP contribution >= 0.6 is 0 Å². The van der Waals surface area contributed by atoms with Crippen LogP contribution in [0.1, 0.15) is 10.4 Å². The van der Waals surface area contributed by atoms with E-state index in [2.05, 4.69) is 0 Å². The maximum atomic E-state index is 12.0. The minimum atomic E-state index is -3.33. The van der Waals surface area contributed by atoms with Crippen LogP contribution < -0.4 is 0 Å². The molecule has 0 radical (unpaired) electrons. The van der Waals surface area contributed by atoms with Gasteiger partial charge in [0.15, 0.2) is 15.6 Å². The van der Waals surface area contributed by atoms with Crippen LogP contribution in [0.2, 0.25) is 0 Å². The predicted molar refractivity (Wildman–Crippen MR) is 77.8 cm³/mol. The Morgan fingerprint density at radius 3 is 2.50 bits per heavy atom. The molecule has 102 valence electrons. The normalized spacial score (nSPS) is 12.1. The van der Waals surface area contributed by atoms with Gasteiger partial charge in [0, 0.05) is 22.6 Å². The van der Waals surface area contributed by atoms with E-state index < -0.39 is 21.4 Å². The number of fused-ring (bicyclic) bond motifs is 3. The Bertz CT molecular complexity index is 919. The second-order valence-electron chi connectivity index (χ2n) is 4.80. The lowest BCUT2D eigenvalue weighted by molar-refractivity contribution is 0.102. The van der Waals surface area contributed by atoms with Crippen molar-refractivity contribution in [2.75, 3.05) is 12.0 Å². The first-order chi connectivity index (χ1) is 9.44. The topological polar surface area (TPSA) is 64.3 Å². The fourth-order valence-corrected chi connectivity index (χ4v) is 2.86. The molecule has 0 unspecified atom stereocenters. The number of sulfone groups is 1. The van der Waals surface area contributed by atoms with Gasteiger partial charge in [-0.1, -0.05) is 18.2 Å². The van der Waals surface area contributed by atoms with Crippen molar-refractivity contribution in [2.24, 2.45) is 0 Å². The first kappa shape index (κ1) is 12.9. The fraction of sp³-hybridized carbons (Fsp3) is 0.133. The quantitative estimate of drug-likeness (QED) is 0.695. The van der Waals surface area contributed by atoms with Gasteiger partial charge in [-0.05, 0) is 24.3 Å². The van der Waals surface area contributed by atoms with Crippen LogP contribution in [-0.4, -0.2) is 26.2 Å². The monoisotopic (exact) mass is 288 g/mol. The number of benzene rings is 2. The van der Waals surface area contributed by atoms with E-state index in [0.717, 1.165) is 22.6 Å². The maximum absolute atomic E-state index is 12.0. The van der Waals surface area contributed by atoms with E-state index in [1.807, 2.05) is 24.3 Å². The summed E-state index contributed by atoms with van der Waals surface area (Å²) in [4.78, 5) is 12.0. The summed E-state index contributed by atoms with van der Waals surface area (Å²) in [5, 5.41) is 1.73. The number of hydrogen-bond acceptors (Lipinski definition) is 4. The summed E-state index contributed by atoms with van der Waals surface area (Å²) < 4.78 is 28.1. The average Bonchev–Trinajstić information content (AvgIpc) is 2.74. The van der Waals surface area contributed by atoms with Crippen LogP contribution in [0.15, 0.2) is 46.9 Å². The zero-order valence-corrected chi connectivity index (χ0v) is 11.6. The van der Waals surface area contributed by atoms with E-state index in [4.69, 9.17) is 4.42 Å². The molecule has 0 amide bonds. The van der Waals surface area contributed by atoms with Crippen LogP contribution in [0, 0.1) is 0 Å². The van der Waals surface area contributed by atoms with Crippen LogP contribution in [0.4, 0.5) is 0 Å². The number of rotatable bonds is 3. The predicted octanol–water partition coefficient (Wildman–Crippen LogP) is 2.81. The van der Waals surface area contributed by atoms with Gasteiger partial charge in [0.1, 0.15) is 16.9 Å². The molecule has 0 bridgehead atoms. The third-order valence-electron chi connectivity index (χ3n) is 3.09. The molecule has 0 aliphatic heterocycles. The summed E-state index contributed by atoms with van der Waals surface area (Å²) in [5.74, 6) is -0.881. The summed E-state index contributed by atoms with van der Waals surface area (Å²) in [6.07, 6.45) is 1.05. The summed E-state index contributed by atoms with van der Waals surface area (Å²) in [6.45, 7) is 0. The Balaban J connectivity index is 2.14. The zero-order valence-electron chi connectivity index (χ0n) is 10.8. The minimum absolute atomic E-state index is 0.384. The van der Waals surface area contributed by atoms with E-state index in [1.54, 1.807) is 18.2 Å². The Morgan fingerprint density at radius 1 is 1.05 bits per heavy atom. The van der Waals surface area contributed by atoms with Gasteiger partial charge in [-0.2, -0.15) is 0 Å². The number of carbonyl (C=O) groups is 1. The Morgan fingerprint density at radius 2 is 1.75 bits per heavy atom. The lowest BCUT2D eigenvalue weighted by Crippen LogP contribution is -2.14. The van der Waals surface area contributed by atoms with Crippen molar-refractivity contribution in [3.05, 3.63) is 48.0 Å². The maximum Gasteiger partial charge on any atom is 0.177 e. The third-order valence-corrected chi connectivity index (χ3v) is 3.88. The molecule has 0 N–H and O–H groups in total. The number of furan rings is 1. The van der Waals surface area contributed by atoms with Crippen LogP contribution in [0.5, 0.6) is 0 Å². The summed E-state index contributed by atoms with van der Waals surface area (Å²) in [7, 11) is -3.33. The largest absolute Gasteiger partial charge is 0.456 e. The molecule has 1 heterocycles. The smallest absolute Gasteiger partial charge is 0.177 e. The number of hydrogen-bond donors (Lipinski definition) is 0. The van der Waals surface area contributed by atoms with E-state index in [1.165, 1.54) is 0 Å². The molecule has 0 saturated heterocycles. The fourth-order valence-electron chi connectivity index (χ4n) is 2.22. The standard InChI is InChI=1S/C15H12O4S/c1-20(17,18)9-13(16)10-6-7-15-12(8-10)11-4-2-3-5-14(11)19-15/h2-8H,9H2,1H3. The molecule has 4 nitrogen and oxygen atoms in total. The zero-order chi connectivity index (χ0) is 14.3. The van der Waals surface area contributed by atoms with Crippen molar-refractivity contribution < 1.29 is 17.6 Å². The van der Waals surface area contributed by atoms with E-state index in [9.17, 15) is 13.2 Å². The number of para-hydroxylation sites is 1. The molecule has 5 heteroatoms. The van der Waals surface area contributed by atoms with Crippen molar-refractivity contribution in [3.63, 3.8) is 0 Å². The Hall–Kier alpha value is -2.14. The highest BCUT2D eigenvalue weighted by atomic mass is 32.2. The number of Topliss-reactive ketones (excluding diaryl/α,β-unsaturated/α-hetero) is 1. The van der Waals surface area contributed by atoms with E-state index in [-0.39, 0.29) is 0 Å². The van der Waals surface area contributed by atoms with Crippen LogP contribution in [0.3, 0.4) is 0 Å². The van der Waals surface area contributed by atoms with Crippen molar-refractivity contribution in [1.29, 1.82) is 0 Å². The minimum Gasteiger partial charge on any atom is -0.456 e. The molecule has 1 aromatic heterocycles. The van der Waals surface area contributed by atoms with E-state index >= 15 is 0 Å². The molecule has 20 heavy (non-hydrogen) atoms. The molecule has 0 spiro atoms. The van der Waals surface area contributed by atoms with Gasteiger partial charge in [-0.3, -0.25) is 4.79 Å². The lowest BCUT2D eigenvalue weighted by Gasteiger charge is -1.99. The molecule has 0 atom stereocenters.